The van der Waals surface area contributed by atoms with Crippen molar-refractivity contribution in [1.29, 1.82) is 0 Å². The molecule has 1 saturated carbocycles. The number of hydrogen-bond acceptors (Lipinski definition) is 5. The fourth-order valence-corrected chi connectivity index (χ4v) is 6.16. The summed E-state index contributed by atoms with van der Waals surface area (Å²) in [6.45, 7) is 0. The van der Waals surface area contributed by atoms with Crippen LogP contribution in [0.25, 0.3) is 0 Å². The Labute approximate surface area is 205 Å². The minimum Gasteiger partial charge on any atom is -0.744 e. The molecule has 1 aliphatic carbocycles. The number of halogens is 3. The van der Waals surface area contributed by atoms with Crippen molar-refractivity contribution in [2.45, 2.75) is 42.9 Å². The van der Waals surface area contributed by atoms with Crippen molar-refractivity contribution in [3.05, 3.63) is 52.2 Å². The third kappa shape index (κ3) is 5.38. The number of esters is 1. The van der Waals surface area contributed by atoms with E-state index < -0.39 is 16.1 Å². The average Bonchev–Trinajstić information content (AvgIpc) is 2.65. The molecule has 0 saturated heterocycles. The van der Waals surface area contributed by atoms with Crippen LogP contribution in [-0.2, 0) is 10.1 Å². The normalized spacial score (nSPS) is 15.4. The molecule has 150 valence electrons. The zero-order chi connectivity index (χ0) is 20.5. The van der Waals surface area contributed by atoms with Crippen LogP contribution in [0.4, 0.5) is 0 Å². The van der Waals surface area contributed by atoms with Crippen LogP contribution in [-0.4, -0.2) is 18.9 Å². The first-order valence-corrected chi connectivity index (χ1v) is 13.3. The Morgan fingerprint density at radius 3 is 2.18 bits per heavy atom. The molecule has 2 aromatic carbocycles. The predicted molar refractivity (Wildman–Crippen MR) is 130 cm³/mol. The third-order valence-corrected chi connectivity index (χ3v) is 10.6. The van der Waals surface area contributed by atoms with Gasteiger partial charge >= 0.3 is 5.97 Å². The van der Waals surface area contributed by atoms with Crippen molar-refractivity contribution in [2.24, 2.45) is 0 Å². The lowest BCUT2D eigenvalue weighted by Gasteiger charge is -2.25. The van der Waals surface area contributed by atoms with Gasteiger partial charge < -0.3 is 9.29 Å². The number of rotatable bonds is 4. The van der Waals surface area contributed by atoms with Gasteiger partial charge in [-0.1, -0.05) is 19.3 Å². The standard InChI is InChI=1S/C19H17I3O5S/c20-15-9-13(10-16(21)18(15)22)27-19(23)12-6-7-17(28(24,25)26)14(8-12)11-4-2-1-3-5-11/h6-11H,1-5H2,(H,24,25,26)/p-1. The van der Waals surface area contributed by atoms with Gasteiger partial charge in [0, 0.05) is 10.7 Å². The van der Waals surface area contributed by atoms with Crippen molar-refractivity contribution in [2.75, 3.05) is 0 Å². The molecule has 2 aromatic rings. The van der Waals surface area contributed by atoms with E-state index >= 15 is 0 Å². The van der Waals surface area contributed by atoms with Crippen molar-refractivity contribution < 1.29 is 22.5 Å². The van der Waals surface area contributed by atoms with Gasteiger partial charge in [-0.3, -0.25) is 0 Å². The average molecular weight is 737 g/mol. The summed E-state index contributed by atoms with van der Waals surface area (Å²) in [6.07, 6.45) is 4.69. The van der Waals surface area contributed by atoms with Gasteiger partial charge in [-0.15, -0.1) is 0 Å². The minimum absolute atomic E-state index is 0.0274. The van der Waals surface area contributed by atoms with Crippen LogP contribution < -0.4 is 4.74 Å². The van der Waals surface area contributed by atoms with Gasteiger partial charge in [-0.2, -0.15) is 0 Å². The Morgan fingerprint density at radius 1 is 1.00 bits per heavy atom. The molecule has 0 unspecified atom stereocenters. The Hall–Kier alpha value is 0.01000. The summed E-state index contributed by atoms with van der Waals surface area (Å²) in [6, 6.07) is 7.67. The monoisotopic (exact) mass is 737 g/mol. The first kappa shape index (κ1) is 22.7. The van der Waals surface area contributed by atoms with E-state index in [1.807, 2.05) is 0 Å². The summed E-state index contributed by atoms with van der Waals surface area (Å²) < 4.78 is 43.6. The highest BCUT2D eigenvalue weighted by Gasteiger charge is 2.23. The number of carbonyl (C=O) groups is 1. The molecule has 1 aliphatic rings. The summed E-state index contributed by atoms with van der Waals surface area (Å²) in [5.41, 5.74) is 0.687. The van der Waals surface area contributed by atoms with Crippen LogP contribution in [0.15, 0.2) is 35.2 Å². The van der Waals surface area contributed by atoms with Crippen molar-refractivity contribution in [1.82, 2.24) is 0 Å². The molecule has 0 aliphatic heterocycles. The van der Waals surface area contributed by atoms with Gasteiger partial charge in [0.2, 0.25) is 0 Å². The second-order valence-electron chi connectivity index (χ2n) is 6.63. The molecule has 28 heavy (non-hydrogen) atoms. The summed E-state index contributed by atoms with van der Waals surface area (Å²) >= 11 is 6.59. The van der Waals surface area contributed by atoms with E-state index in [1.54, 1.807) is 12.1 Å². The SMILES string of the molecule is O=C(Oc1cc(I)c(I)c(I)c1)c1ccc(S(=O)(=O)[O-])c(C2CCCCC2)c1. The second-order valence-corrected chi connectivity index (χ2v) is 11.4. The maximum atomic E-state index is 12.7. The molecule has 0 aromatic heterocycles. The molecule has 0 atom stereocenters. The molecular weight excluding hydrogens is 721 g/mol. The highest BCUT2D eigenvalue weighted by atomic mass is 127. The summed E-state index contributed by atoms with van der Waals surface area (Å²) in [7, 11) is -4.61. The van der Waals surface area contributed by atoms with Crippen LogP contribution in [0.5, 0.6) is 5.75 Å². The maximum Gasteiger partial charge on any atom is 0.343 e. The van der Waals surface area contributed by atoms with E-state index in [1.165, 1.54) is 18.2 Å². The van der Waals surface area contributed by atoms with Gasteiger partial charge in [-0.25, -0.2) is 13.2 Å². The number of benzene rings is 2. The van der Waals surface area contributed by atoms with Crippen molar-refractivity contribution >= 4 is 83.9 Å². The molecule has 3 rings (SSSR count). The molecule has 0 radical (unpaired) electrons. The van der Waals surface area contributed by atoms with Gasteiger partial charge in [0.1, 0.15) is 15.9 Å². The van der Waals surface area contributed by atoms with Crippen LogP contribution in [0.2, 0.25) is 0 Å². The van der Waals surface area contributed by atoms with E-state index in [4.69, 9.17) is 4.74 Å². The van der Waals surface area contributed by atoms with E-state index in [-0.39, 0.29) is 16.4 Å². The summed E-state index contributed by atoms with van der Waals surface area (Å²) in [5.74, 6) is -0.168. The smallest absolute Gasteiger partial charge is 0.343 e. The Kier molecular flexibility index (Phi) is 7.64. The quantitative estimate of drug-likeness (QED) is 0.133. The fourth-order valence-electron chi connectivity index (χ4n) is 3.39. The van der Waals surface area contributed by atoms with Crippen LogP contribution in [0.3, 0.4) is 0 Å². The molecule has 0 N–H and O–H groups in total. The molecule has 1 fully saturated rings. The van der Waals surface area contributed by atoms with E-state index in [9.17, 15) is 17.8 Å². The highest BCUT2D eigenvalue weighted by Crippen LogP contribution is 2.36. The number of carbonyl (C=O) groups excluding carboxylic acids is 1. The third-order valence-electron chi connectivity index (χ3n) is 4.73. The van der Waals surface area contributed by atoms with Crippen LogP contribution in [0.1, 0.15) is 53.9 Å². The molecular formula is C19H16I3O5S-. The first-order valence-electron chi connectivity index (χ1n) is 8.63. The van der Waals surface area contributed by atoms with Gasteiger partial charge in [0.25, 0.3) is 0 Å². The zero-order valence-electron chi connectivity index (χ0n) is 14.6. The lowest BCUT2D eigenvalue weighted by atomic mass is 9.83. The fraction of sp³-hybridized carbons (Fsp3) is 0.316. The second kappa shape index (κ2) is 9.43. The van der Waals surface area contributed by atoms with Gasteiger partial charge in [-0.05, 0) is 122 Å². The largest absolute Gasteiger partial charge is 0.744 e. The Bertz CT molecular complexity index is 991. The maximum absolute atomic E-state index is 12.7. The van der Waals surface area contributed by atoms with E-state index in [0.29, 0.717) is 11.3 Å². The predicted octanol–water partition coefficient (Wildman–Crippen LogP) is 5.67. The Morgan fingerprint density at radius 2 is 1.61 bits per heavy atom. The molecule has 9 heteroatoms. The Balaban J connectivity index is 1.94. The topological polar surface area (TPSA) is 83.5 Å². The van der Waals surface area contributed by atoms with Crippen molar-refractivity contribution in [3.63, 3.8) is 0 Å². The van der Waals surface area contributed by atoms with E-state index in [0.717, 1.165) is 42.8 Å². The first-order chi connectivity index (χ1) is 13.2. The van der Waals surface area contributed by atoms with Crippen LogP contribution in [0, 0.1) is 10.7 Å². The lowest BCUT2D eigenvalue weighted by molar-refractivity contribution is 0.0734. The zero-order valence-corrected chi connectivity index (χ0v) is 21.9. The molecule has 0 heterocycles. The summed E-state index contributed by atoms with van der Waals surface area (Å²) in [4.78, 5) is 12.4. The van der Waals surface area contributed by atoms with Gasteiger partial charge in [0.15, 0.2) is 0 Å². The molecule has 0 bridgehead atoms. The van der Waals surface area contributed by atoms with Crippen LogP contribution >= 0.6 is 67.8 Å². The number of hydrogen-bond donors (Lipinski definition) is 0. The molecule has 5 nitrogen and oxygen atoms in total. The highest BCUT2D eigenvalue weighted by molar-refractivity contribution is 14.1. The molecule has 0 amide bonds. The van der Waals surface area contributed by atoms with Crippen molar-refractivity contribution in [3.8, 4) is 5.75 Å². The minimum atomic E-state index is -4.61. The van der Waals surface area contributed by atoms with E-state index in [2.05, 4.69) is 67.8 Å². The summed E-state index contributed by atoms with van der Waals surface area (Å²) in [5, 5.41) is 0. The number of ether oxygens (including phenoxy) is 1. The lowest BCUT2D eigenvalue weighted by Crippen LogP contribution is -2.14. The molecule has 0 spiro atoms. The van der Waals surface area contributed by atoms with Gasteiger partial charge in [0.05, 0.1) is 10.5 Å².